The Balaban J connectivity index is 1.92. The molecule has 0 unspecified atom stereocenters. The average Bonchev–Trinajstić information content (AvgIpc) is 3.06. The molecule has 1 heterocycles. The standard InChI is InChI=1S/C21H13N3O2/c25-24(26)18-10-6-9-17(15-18)21-22-19-11-4-5-12-20(19)23(21)14-13-16-7-2-1-3-8-16/h1-12,15H. The third-order valence-corrected chi connectivity index (χ3v) is 3.96. The van der Waals surface area contributed by atoms with Gasteiger partial charge in [0.2, 0.25) is 0 Å². The summed E-state index contributed by atoms with van der Waals surface area (Å²) in [6.45, 7) is 0. The van der Waals surface area contributed by atoms with Crippen molar-refractivity contribution in [3.05, 3.63) is 94.5 Å². The van der Waals surface area contributed by atoms with Crippen LogP contribution in [0.3, 0.4) is 0 Å². The summed E-state index contributed by atoms with van der Waals surface area (Å²) >= 11 is 0. The highest BCUT2D eigenvalue weighted by atomic mass is 16.6. The molecule has 4 rings (SSSR count). The minimum Gasteiger partial charge on any atom is -0.258 e. The molecule has 3 aromatic carbocycles. The van der Waals surface area contributed by atoms with Gasteiger partial charge in [0.25, 0.3) is 5.69 Å². The minimum absolute atomic E-state index is 0.0251. The van der Waals surface area contributed by atoms with E-state index in [1.807, 2.05) is 54.6 Å². The smallest absolute Gasteiger partial charge is 0.258 e. The lowest BCUT2D eigenvalue weighted by Gasteiger charge is -2.02. The Morgan fingerprint density at radius 1 is 0.923 bits per heavy atom. The summed E-state index contributed by atoms with van der Waals surface area (Å²) in [5.41, 5.74) is 3.21. The number of nitrogens with zero attached hydrogens (tertiary/aromatic N) is 3. The summed E-state index contributed by atoms with van der Waals surface area (Å²) in [4.78, 5) is 15.3. The molecule has 0 saturated heterocycles. The normalized spacial score (nSPS) is 10.3. The zero-order chi connectivity index (χ0) is 17.9. The molecule has 0 spiro atoms. The van der Waals surface area contributed by atoms with Crippen molar-refractivity contribution in [2.45, 2.75) is 0 Å². The van der Waals surface area contributed by atoms with Gasteiger partial charge in [0, 0.05) is 29.3 Å². The van der Waals surface area contributed by atoms with Gasteiger partial charge in [0.05, 0.1) is 16.0 Å². The summed E-state index contributed by atoms with van der Waals surface area (Å²) in [6.07, 6.45) is 0. The van der Waals surface area contributed by atoms with Crippen LogP contribution in [0.5, 0.6) is 0 Å². The van der Waals surface area contributed by atoms with E-state index in [2.05, 4.69) is 16.9 Å². The number of fused-ring (bicyclic) bond motifs is 1. The molecule has 0 amide bonds. The molecule has 5 nitrogen and oxygen atoms in total. The van der Waals surface area contributed by atoms with Crippen molar-refractivity contribution in [3.8, 4) is 23.4 Å². The molecule has 4 aromatic rings. The van der Waals surface area contributed by atoms with E-state index in [0.717, 1.165) is 16.6 Å². The molecule has 0 bridgehead atoms. The topological polar surface area (TPSA) is 61.0 Å². The van der Waals surface area contributed by atoms with Crippen molar-refractivity contribution in [1.82, 2.24) is 9.55 Å². The van der Waals surface area contributed by atoms with E-state index in [1.54, 1.807) is 16.7 Å². The molecule has 1 aromatic heterocycles. The second-order valence-electron chi connectivity index (χ2n) is 5.67. The first-order valence-corrected chi connectivity index (χ1v) is 8.02. The van der Waals surface area contributed by atoms with E-state index in [-0.39, 0.29) is 5.69 Å². The Labute approximate surface area is 149 Å². The lowest BCUT2D eigenvalue weighted by atomic mass is 10.2. The van der Waals surface area contributed by atoms with Gasteiger partial charge in [-0.1, -0.05) is 42.5 Å². The number of nitro groups is 1. The second-order valence-corrected chi connectivity index (χ2v) is 5.67. The van der Waals surface area contributed by atoms with Gasteiger partial charge in [-0.25, -0.2) is 9.55 Å². The number of para-hydroxylation sites is 2. The van der Waals surface area contributed by atoms with Crippen molar-refractivity contribution in [2.24, 2.45) is 0 Å². The van der Waals surface area contributed by atoms with E-state index in [0.29, 0.717) is 11.4 Å². The number of nitro benzene ring substituents is 1. The first-order valence-electron chi connectivity index (χ1n) is 8.02. The van der Waals surface area contributed by atoms with Gasteiger partial charge in [-0.05, 0) is 30.2 Å². The van der Waals surface area contributed by atoms with Crippen LogP contribution in [0.15, 0.2) is 78.9 Å². The monoisotopic (exact) mass is 339 g/mol. The zero-order valence-corrected chi connectivity index (χ0v) is 13.7. The number of imidazole rings is 1. The fourth-order valence-corrected chi connectivity index (χ4v) is 2.73. The fraction of sp³-hybridized carbons (Fsp3) is 0. The number of benzene rings is 3. The Morgan fingerprint density at radius 2 is 1.69 bits per heavy atom. The number of hydrogen-bond acceptors (Lipinski definition) is 3. The molecule has 0 radical (unpaired) electrons. The van der Waals surface area contributed by atoms with Crippen LogP contribution in [0.1, 0.15) is 5.56 Å². The molecule has 0 fully saturated rings. The molecule has 0 aliphatic rings. The Kier molecular flexibility index (Phi) is 3.92. The van der Waals surface area contributed by atoms with Crippen LogP contribution < -0.4 is 0 Å². The van der Waals surface area contributed by atoms with Crippen LogP contribution in [0, 0.1) is 22.1 Å². The van der Waals surface area contributed by atoms with E-state index in [9.17, 15) is 10.1 Å². The minimum atomic E-state index is -0.411. The predicted octanol–water partition coefficient (Wildman–Crippen LogP) is 4.47. The molecule has 0 saturated carbocycles. The van der Waals surface area contributed by atoms with Gasteiger partial charge < -0.3 is 0 Å². The van der Waals surface area contributed by atoms with Gasteiger partial charge in [-0.15, -0.1) is 0 Å². The number of hydrogen-bond donors (Lipinski definition) is 0. The lowest BCUT2D eigenvalue weighted by molar-refractivity contribution is -0.384. The number of aromatic nitrogens is 2. The molecular formula is C21H13N3O2. The van der Waals surface area contributed by atoms with Crippen molar-refractivity contribution in [2.75, 3.05) is 0 Å². The highest BCUT2D eigenvalue weighted by molar-refractivity contribution is 5.82. The van der Waals surface area contributed by atoms with Crippen molar-refractivity contribution >= 4 is 16.7 Å². The summed E-state index contributed by atoms with van der Waals surface area (Å²) < 4.78 is 1.78. The molecule has 0 atom stereocenters. The number of non-ortho nitro benzene ring substituents is 1. The highest BCUT2D eigenvalue weighted by Gasteiger charge is 2.14. The zero-order valence-electron chi connectivity index (χ0n) is 13.7. The van der Waals surface area contributed by atoms with Crippen LogP contribution >= 0.6 is 0 Å². The molecule has 0 aliphatic carbocycles. The molecule has 0 aliphatic heterocycles. The van der Waals surface area contributed by atoms with Gasteiger partial charge in [-0.3, -0.25) is 10.1 Å². The molecule has 26 heavy (non-hydrogen) atoms. The van der Waals surface area contributed by atoms with Crippen LogP contribution in [0.2, 0.25) is 0 Å². The van der Waals surface area contributed by atoms with Crippen LogP contribution in [-0.4, -0.2) is 14.5 Å². The molecular weight excluding hydrogens is 326 g/mol. The molecule has 5 heteroatoms. The third-order valence-electron chi connectivity index (χ3n) is 3.96. The highest BCUT2D eigenvalue weighted by Crippen LogP contribution is 2.26. The Hall–Kier alpha value is -3.91. The summed E-state index contributed by atoms with van der Waals surface area (Å²) in [5, 5.41) is 11.1. The van der Waals surface area contributed by atoms with Gasteiger partial charge >= 0.3 is 0 Å². The Morgan fingerprint density at radius 3 is 2.50 bits per heavy atom. The SMILES string of the molecule is O=[N+]([O-])c1cccc(-c2nc3ccccc3n2C#Cc2ccccc2)c1. The average molecular weight is 339 g/mol. The van der Waals surface area contributed by atoms with E-state index in [1.165, 1.54) is 12.1 Å². The van der Waals surface area contributed by atoms with Gasteiger partial charge in [0.1, 0.15) is 0 Å². The maximum atomic E-state index is 11.1. The van der Waals surface area contributed by atoms with Crippen molar-refractivity contribution < 1.29 is 4.92 Å². The summed E-state index contributed by atoms with van der Waals surface area (Å²) in [6, 6.07) is 26.9. The third kappa shape index (κ3) is 2.92. The Bertz CT molecular complexity index is 1170. The largest absolute Gasteiger partial charge is 0.270 e. The fourth-order valence-electron chi connectivity index (χ4n) is 2.73. The van der Waals surface area contributed by atoms with E-state index >= 15 is 0 Å². The van der Waals surface area contributed by atoms with Gasteiger partial charge in [0.15, 0.2) is 5.82 Å². The van der Waals surface area contributed by atoms with E-state index < -0.39 is 4.92 Å². The summed E-state index contributed by atoms with van der Waals surface area (Å²) in [7, 11) is 0. The quantitative estimate of drug-likeness (QED) is 0.307. The lowest BCUT2D eigenvalue weighted by Crippen LogP contribution is -1.95. The van der Waals surface area contributed by atoms with Crippen LogP contribution in [0.25, 0.3) is 22.4 Å². The van der Waals surface area contributed by atoms with Crippen LogP contribution in [0.4, 0.5) is 5.69 Å². The maximum absolute atomic E-state index is 11.1. The van der Waals surface area contributed by atoms with Crippen LogP contribution in [-0.2, 0) is 0 Å². The van der Waals surface area contributed by atoms with Crippen molar-refractivity contribution in [3.63, 3.8) is 0 Å². The first-order chi connectivity index (χ1) is 12.7. The molecule has 124 valence electrons. The first kappa shape index (κ1) is 15.6. The second kappa shape index (κ2) is 6.54. The van der Waals surface area contributed by atoms with Crippen molar-refractivity contribution in [1.29, 1.82) is 0 Å². The predicted molar refractivity (Wildman–Crippen MR) is 101 cm³/mol. The van der Waals surface area contributed by atoms with E-state index in [4.69, 9.17) is 0 Å². The van der Waals surface area contributed by atoms with Gasteiger partial charge in [-0.2, -0.15) is 0 Å². The summed E-state index contributed by atoms with van der Waals surface area (Å²) in [5.74, 6) is 3.71. The molecule has 0 N–H and O–H groups in total. The number of rotatable bonds is 2. The maximum Gasteiger partial charge on any atom is 0.270 e.